The molecule has 0 fully saturated rings. The highest BCUT2D eigenvalue weighted by Crippen LogP contribution is 2.40. The molecule has 0 aliphatic carbocycles. The highest BCUT2D eigenvalue weighted by atomic mass is 127. The lowest BCUT2D eigenvalue weighted by molar-refractivity contribution is -0.239. The average Bonchev–Trinajstić information content (AvgIpc) is 2.36. The molecule has 13 heteroatoms. The summed E-state index contributed by atoms with van der Waals surface area (Å²) in [6, 6.07) is 1.98. The lowest BCUT2D eigenvalue weighted by atomic mass is 10.2. The molecule has 0 saturated heterocycles. The molecule has 1 aromatic rings. The maximum absolute atomic E-state index is 13.6. The van der Waals surface area contributed by atoms with Crippen molar-refractivity contribution in [2.24, 2.45) is 0 Å². The fraction of sp³-hybridized carbons (Fsp3) is 0.538. The molecule has 5 nitrogen and oxygen atoms in total. The summed E-state index contributed by atoms with van der Waals surface area (Å²) in [6.45, 7) is 5.20. The van der Waals surface area contributed by atoms with E-state index < -0.39 is 39.0 Å². The molecule has 0 spiro atoms. The lowest BCUT2D eigenvalue weighted by Crippen LogP contribution is -2.53. The minimum absolute atomic E-state index is 0.260. The minimum Gasteiger partial charge on any atom is -0.486 e. The summed E-state index contributed by atoms with van der Waals surface area (Å²) in [7, 11) is -6.36. The summed E-state index contributed by atoms with van der Waals surface area (Å²) in [5, 5.41) is -5.59. The van der Waals surface area contributed by atoms with Crippen LogP contribution in [-0.4, -0.2) is 36.1 Å². The van der Waals surface area contributed by atoms with E-state index in [0.29, 0.717) is 5.75 Å². The fourth-order valence-electron chi connectivity index (χ4n) is 1.61. The van der Waals surface area contributed by atoms with Gasteiger partial charge in [0.15, 0.2) is 0 Å². The van der Waals surface area contributed by atoms with Crippen LogP contribution in [0.5, 0.6) is 11.5 Å². The Kier molecular flexibility index (Phi) is 7.06. The number of hydrogen-bond acceptors (Lipinski definition) is 4. The van der Waals surface area contributed by atoms with E-state index in [1.165, 1.54) is 0 Å². The van der Waals surface area contributed by atoms with Crippen molar-refractivity contribution in [1.29, 1.82) is 0 Å². The Hall–Kier alpha value is -0.160. The Morgan fingerprint density at radius 2 is 1.46 bits per heavy atom. The van der Waals surface area contributed by atoms with Crippen LogP contribution in [0.1, 0.15) is 20.8 Å². The predicted molar refractivity (Wildman–Crippen MR) is 99.2 cm³/mol. The van der Waals surface area contributed by atoms with Gasteiger partial charge in [0, 0.05) is 0 Å². The second-order valence-corrected chi connectivity index (χ2v) is 9.83. The van der Waals surface area contributed by atoms with Crippen LogP contribution in [0.25, 0.3) is 0 Å². The Bertz CT molecular complexity index is 751. The van der Waals surface area contributed by atoms with Crippen LogP contribution < -0.4 is 9.47 Å². The Morgan fingerprint density at radius 1 is 1.04 bits per heavy atom. The molecule has 150 valence electrons. The second kappa shape index (κ2) is 7.69. The topological polar surface area (TPSA) is 72.8 Å². The van der Waals surface area contributed by atoms with Crippen molar-refractivity contribution in [1.82, 2.24) is 0 Å². The van der Waals surface area contributed by atoms with Crippen LogP contribution in [0.4, 0.5) is 22.0 Å². The van der Waals surface area contributed by atoms with Crippen molar-refractivity contribution in [3.8, 4) is 11.5 Å². The molecule has 1 unspecified atom stereocenters. The number of hydrogen-bond donors (Lipinski definition) is 1. The van der Waals surface area contributed by atoms with E-state index in [1.807, 2.05) is 0 Å². The number of rotatable bonds is 5. The van der Waals surface area contributed by atoms with E-state index in [9.17, 15) is 30.4 Å². The van der Waals surface area contributed by atoms with Gasteiger partial charge in [-0.05, 0) is 78.1 Å². The molecule has 1 aromatic carbocycles. The van der Waals surface area contributed by atoms with Gasteiger partial charge >= 0.3 is 21.5 Å². The zero-order valence-corrected chi connectivity index (χ0v) is 18.5. The largest absolute Gasteiger partial charge is 0.486 e. The van der Waals surface area contributed by atoms with Crippen molar-refractivity contribution >= 4 is 55.3 Å². The van der Waals surface area contributed by atoms with Crippen LogP contribution in [0.2, 0.25) is 0 Å². The predicted octanol–water partition coefficient (Wildman–Crippen LogP) is 4.86. The number of benzene rings is 1. The monoisotopic (exact) mass is 630 g/mol. The van der Waals surface area contributed by atoms with Gasteiger partial charge in [-0.3, -0.25) is 4.55 Å². The average molecular weight is 630 g/mol. The third-order valence-electron chi connectivity index (χ3n) is 2.58. The van der Waals surface area contributed by atoms with Gasteiger partial charge < -0.3 is 9.47 Å². The molecule has 0 aliphatic rings. The van der Waals surface area contributed by atoms with Crippen LogP contribution in [0.3, 0.4) is 0 Å². The summed E-state index contributed by atoms with van der Waals surface area (Å²) >= 11 is 3.42. The van der Waals surface area contributed by atoms with E-state index >= 15 is 0 Å². The molecule has 0 aromatic heterocycles. The highest BCUT2D eigenvalue weighted by Gasteiger charge is 2.65. The standard InChI is InChI=1S/C13H13F5I2O5S/c1-11(2,3)25-9-7(19)4-6(5-8(9)20)24-10(12(14,15)16)13(17,18)26(21,22)23/h4-5,10H,1-3H3,(H,21,22,23). The molecule has 26 heavy (non-hydrogen) atoms. The SMILES string of the molecule is CC(C)(C)Oc1c(I)cc(OC(C(F)(F)F)C(F)(F)S(=O)(=O)O)cc1I. The highest BCUT2D eigenvalue weighted by molar-refractivity contribution is 14.1. The van der Waals surface area contributed by atoms with E-state index in [1.54, 1.807) is 66.0 Å². The smallest absolute Gasteiger partial charge is 0.432 e. The Labute approximate surface area is 173 Å². The van der Waals surface area contributed by atoms with Gasteiger partial charge in [0.05, 0.1) is 7.14 Å². The van der Waals surface area contributed by atoms with Crippen LogP contribution >= 0.6 is 45.2 Å². The first-order valence-corrected chi connectivity index (χ1v) is 10.2. The number of halogens is 7. The van der Waals surface area contributed by atoms with Crippen LogP contribution in [-0.2, 0) is 10.1 Å². The molecular weight excluding hydrogens is 617 g/mol. The molecule has 1 N–H and O–H groups in total. The summed E-state index contributed by atoms with van der Waals surface area (Å²) in [5.74, 6) is -0.359. The second-order valence-electron chi connectivity index (χ2n) is 6.01. The van der Waals surface area contributed by atoms with Gasteiger partial charge in [-0.1, -0.05) is 0 Å². The molecule has 0 bridgehead atoms. The van der Waals surface area contributed by atoms with Gasteiger partial charge in [-0.25, -0.2) is 0 Å². The normalized spacial score (nSPS) is 14.9. The maximum atomic E-state index is 13.6. The van der Waals surface area contributed by atoms with E-state index in [4.69, 9.17) is 9.29 Å². The number of alkyl halides is 5. The van der Waals surface area contributed by atoms with Crippen molar-refractivity contribution < 1.29 is 44.4 Å². The Morgan fingerprint density at radius 3 is 1.77 bits per heavy atom. The summed E-state index contributed by atoms with van der Waals surface area (Å²) in [5.41, 5.74) is -0.630. The van der Waals surface area contributed by atoms with E-state index in [0.717, 1.165) is 12.1 Å². The third-order valence-corrected chi connectivity index (χ3v) is 5.08. The first kappa shape index (κ1) is 23.9. The minimum atomic E-state index is -6.36. The van der Waals surface area contributed by atoms with Crippen molar-refractivity contribution in [2.45, 2.75) is 43.9 Å². The third kappa shape index (κ3) is 5.92. The zero-order valence-electron chi connectivity index (χ0n) is 13.4. The van der Waals surface area contributed by atoms with Gasteiger partial charge in [0.1, 0.15) is 17.1 Å². The number of ether oxygens (including phenoxy) is 2. The van der Waals surface area contributed by atoms with Crippen LogP contribution in [0, 0.1) is 7.14 Å². The van der Waals surface area contributed by atoms with Gasteiger partial charge in [-0.15, -0.1) is 0 Å². The van der Waals surface area contributed by atoms with Gasteiger partial charge in [0.2, 0.25) is 0 Å². The maximum Gasteiger partial charge on any atom is 0.432 e. The summed E-state index contributed by atoms with van der Waals surface area (Å²) in [6.07, 6.45) is -9.86. The Balaban J connectivity index is 3.34. The molecule has 0 saturated carbocycles. The first-order valence-electron chi connectivity index (χ1n) is 6.62. The summed E-state index contributed by atoms with van der Waals surface area (Å²) in [4.78, 5) is 0. The molecule has 1 atom stereocenters. The molecule has 0 aliphatic heterocycles. The lowest BCUT2D eigenvalue weighted by Gasteiger charge is -2.28. The van der Waals surface area contributed by atoms with Crippen molar-refractivity contribution in [2.75, 3.05) is 0 Å². The molecule has 0 amide bonds. The molecule has 0 heterocycles. The molecular formula is C13H13F5I2O5S. The molecule has 0 radical (unpaired) electrons. The van der Waals surface area contributed by atoms with Gasteiger partial charge in [-0.2, -0.15) is 30.4 Å². The van der Waals surface area contributed by atoms with Crippen molar-refractivity contribution in [3.63, 3.8) is 0 Å². The molecule has 1 rings (SSSR count). The van der Waals surface area contributed by atoms with E-state index in [2.05, 4.69) is 4.74 Å². The van der Waals surface area contributed by atoms with Gasteiger partial charge in [0.25, 0.3) is 6.10 Å². The first-order chi connectivity index (χ1) is 11.4. The zero-order chi connectivity index (χ0) is 20.7. The quantitative estimate of drug-likeness (QED) is 0.286. The van der Waals surface area contributed by atoms with E-state index in [-0.39, 0.29) is 7.14 Å². The van der Waals surface area contributed by atoms with Crippen molar-refractivity contribution in [3.05, 3.63) is 19.3 Å². The fourth-order valence-corrected chi connectivity index (χ4v) is 3.99. The summed E-state index contributed by atoms with van der Waals surface area (Å²) < 4.78 is 106. The van der Waals surface area contributed by atoms with Crippen LogP contribution in [0.15, 0.2) is 12.1 Å².